The van der Waals surface area contributed by atoms with Gasteiger partial charge in [0, 0.05) is 71.8 Å². The van der Waals surface area contributed by atoms with Crippen molar-refractivity contribution in [1.82, 2.24) is 9.48 Å². The maximum Gasteiger partial charge on any atom is 0.254 e. The third kappa shape index (κ3) is 5.00. The predicted octanol–water partition coefficient (Wildman–Crippen LogP) is 5.93. The van der Waals surface area contributed by atoms with Crippen molar-refractivity contribution in [3.05, 3.63) is 65.5 Å². The van der Waals surface area contributed by atoms with E-state index in [1.807, 2.05) is 36.9 Å². The van der Waals surface area contributed by atoms with Crippen molar-refractivity contribution < 1.29 is 9.21 Å². The summed E-state index contributed by atoms with van der Waals surface area (Å²) in [6.07, 6.45) is 0. The first-order chi connectivity index (χ1) is 18.4. The molecule has 6 heteroatoms. The van der Waals surface area contributed by atoms with Crippen LogP contribution in [0.1, 0.15) is 51.9 Å². The summed E-state index contributed by atoms with van der Waals surface area (Å²) in [5, 5.41) is 2.08. The van der Waals surface area contributed by atoms with Gasteiger partial charge in [0.1, 0.15) is 24.4 Å². The van der Waals surface area contributed by atoms with Gasteiger partial charge in [0.15, 0.2) is 0 Å². The van der Waals surface area contributed by atoms with Crippen LogP contribution in [-0.2, 0) is 0 Å². The fourth-order valence-corrected chi connectivity index (χ4v) is 5.36. The molecule has 2 aliphatic rings. The second-order valence-electron chi connectivity index (χ2n) is 9.47. The number of nitrogens with zero attached hydrogens (tertiary/aromatic N) is 3. The van der Waals surface area contributed by atoms with E-state index in [1.165, 1.54) is 0 Å². The van der Waals surface area contributed by atoms with Crippen LogP contribution < -0.4 is 20.6 Å². The number of benzene rings is 3. The van der Waals surface area contributed by atoms with Crippen molar-refractivity contribution in [3.8, 4) is 22.5 Å². The van der Waals surface area contributed by atoms with Crippen LogP contribution in [0.4, 0.5) is 11.4 Å². The minimum absolute atomic E-state index is 0.00612. The average molecular weight is 514 g/mol. The lowest BCUT2D eigenvalue weighted by Gasteiger charge is -2.24. The van der Waals surface area contributed by atoms with Crippen molar-refractivity contribution in [2.45, 2.75) is 41.5 Å². The summed E-state index contributed by atoms with van der Waals surface area (Å²) in [5.41, 5.74) is 12.3. The molecular weight excluding hydrogens is 472 g/mol. The Morgan fingerprint density at radius 1 is 0.816 bits per heavy atom. The first kappa shape index (κ1) is 27.2. The van der Waals surface area contributed by atoms with E-state index in [4.69, 9.17) is 10.2 Å². The van der Waals surface area contributed by atoms with Crippen LogP contribution in [0.2, 0.25) is 0 Å². The van der Waals surface area contributed by atoms with Gasteiger partial charge in [-0.25, -0.2) is 4.58 Å². The molecule has 4 rings (SSSR count). The van der Waals surface area contributed by atoms with E-state index in [-0.39, 0.29) is 5.91 Å². The number of carbonyl (C=O) groups is 1. The zero-order valence-corrected chi connectivity index (χ0v) is 23.7. The largest absolute Gasteiger partial charge is 0.456 e. The number of nitrogen functional groups attached to an aromatic ring is 1. The number of fused-ring (bicyclic) bond motifs is 2. The summed E-state index contributed by atoms with van der Waals surface area (Å²) in [6.45, 7) is 17.6. The lowest BCUT2D eigenvalue weighted by atomic mass is 9.89. The van der Waals surface area contributed by atoms with Gasteiger partial charge < -0.3 is 20.0 Å². The van der Waals surface area contributed by atoms with E-state index in [9.17, 15) is 4.79 Å². The van der Waals surface area contributed by atoms with Gasteiger partial charge in [-0.3, -0.25) is 4.79 Å². The first-order valence-corrected chi connectivity index (χ1v) is 13.9. The molecule has 0 radical (unpaired) electrons. The molecule has 0 aromatic heterocycles. The second kappa shape index (κ2) is 11.7. The Kier molecular flexibility index (Phi) is 8.40. The van der Waals surface area contributed by atoms with Crippen LogP contribution in [0, 0.1) is 0 Å². The van der Waals surface area contributed by atoms with E-state index in [0.717, 1.165) is 70.6 Å². The van der Waals surface area contributed by atoms with Crippen molar-refractivity contribution in [2.75, 3.05) is 49.9 Å². The normalized spacial score (nSPS) is 11.2. The number of rotatable bonds is 9. The molecule has 1 heterocycles. The summed E-state index contributed by atoms with van der Waals surface area (Å²) in [6, 6.07) is 18.4. The SMILES string of the molecule is CCN(CC)C(=O)c1ccc(N)cc1-c1c2ccc(=[N+](CC)CC)cc-2oc2cc(N(CC)CC)ccc12. The Hall–Kier alpha value is -3.80. The number of amides is 1. The van der Waals surface area contributed by atoms with Crippen molar-refractivity contribution in [3.63, 3.8) is 0 Å². The van der Waals surface area contributed by atoms with Gasteiger partial charge >= 0.3 is 0 Å². The van der Waals surface area contributed by atoms with Crippen LogP contribution >= 0.6 is 0 Å². The molecule has 2 aromatic rings. The second-order valence-corrected chi connectivity index (χ2v) is 9.47. The standard InChI is InChI=1S/C32H40N4O2/c1-7-34(8-2)23-14-17-26-29(20-23)38-30-21-24(35(9-3)10-4)15-18-27(30)31(26)28-19-22(33)13-16-25(28)32(37)36(11-5)12-6/h13-21H,7-12H2,1-6H3,(H-,33,37)/p+1. The summed E-state index contributed by atoms with van der Waals surface area (Å²) in [7, 11) is 0. The first-order valence-electron chi connectivity index (χ1n) is 13.9. The molecule has 0 spiro atoms. The molecule has 1 amide bonds. The fourth-order valence-electron chi connectivity index (χ4n) is 5.36. The molecule has 0 unspecified atom stereocenters. The molecule has 0 saturated heterocycles. The molecule has 0 bridgehead atoms. The molecule has 2 aromatic carbocycles. The maximum atomic E-state index is 13.7. The Labute approximate surface area is 226 Å². The van der Waals surface area contributed by atoms with E-state index >= 15 is 0 Å². The van der Waals surface area contributed by atoms with E-state index in [2.05, 4.69) is 73.6 Å². The zero-order valence-electron chi connectivity index (χ0n) is 23.7. The molecule has 6 nitrogen and oxygen atoms in total. The van der Waals surface area contributed by atoms with Crippen LogP contribution in [0.3, 0.4) is 0 Å². The number of anilines is 2. The van der Waals surface area contributed by atoms with Gasteiger partial charge in [0.05, 0.1) is 6.07 Å². The van der Waals surface area contributed by atoms with E-state index < -0.39 is 0 Å². The van der Waals surface area contributed by atoms with Gasteiger partial charge in [-0.15, -0.1) is 0 Å². The average Bonchev–Trinajstić information content (AvgIpc) is 2.93. The summed E-state index contributed by atoms with van der Waals surface area (Å²) in [4.78, 5) is 17.8. The molecule has 38 heavy (non-hydrogen) atoms. The number of nitrogens with two attached hydrogens (primary N) is 1. The third-order valence-electron chi connectivity index (χ3n) is 7.54. The lowest BCUT2D eigenvalue weighted by molar-refractivity contribution is 0.0774. The minimum atomic E-state index is 0.00612. The summed E-state index contributed by atoms with van der Waals surface area (Å²) in [5.74, 6) is 0.795. The Bertz CT molecular complexity index is 1470. The van der Waals surface area contributed by atoms with Crippen molar-refractivity contribution in [1.29, 1.82) is 0 Å². The van der Waals surface area contributed by atoms with E-state index in [1.54, 1.807) is 0 Å². The van der Waals surface area contributed by atoms with Gasteiger partial charge in [-0.2, -0.15) is 0 Å². The highest BCUT2D eigenvalue weighted by atomic mass is 16.3. The van der Waals surface area contributed by atoms with Crippen LogP contribution in [0.15, 0.2) is 59.0 Å². The molecule has 1 aliphatic carbocycles. The quantitative estimate of drug-likeness (QED) is 0.171. The minimum Gasteiger partial charge on any atom is -0.456 e. The molecule has 200 valence electrons. The number of carbonyl (C=O) groups excluding carboxylic acids is 1. The van der Waals surface area contributed by atoms with Crippen LogP contribution in [0.5, 0.6) is 0 Å². The molecular formula is C32H41N4O2+. The van der Waals surface area contributed by atoms with Gasteiger partial charge in [-0.1, -0.05) is 0 Å². The highest BCUT2D eigenvalue weighted by Gasteiger charge is 2.24. The maximum absolute atomic E-state index is 13.7. The smallest absolute Gasteiger partial charge is 0.254 e. The highest BCUT2D eigenvalue weighted by molar-refractivity contribution is 6.10. The lowest BCUT2D eigenvalue weighted by Crippen LogP contribution is -2.31. The summed E-state index contributed by atoms with van der Waals surface area (Å²) < 4.78 is 8.91. The van der Waals surface area contributed by atoms with Crippen LogP contribution in [-0.4, -0.2) is 50.1 Å². The monoisotopic (exact) mass is 513 g/mol. The fraction of sp³-hybridized carbons (Fsp3) is 0.375. The van der Waals surface area contributed by atoms with Crippen molar-refractivity contribution >= 4 is 28.3 Å². The van der Waals surface area contributed by atoms with Gasteiger partial charge in [-0.05, 0) is 83.5 Å². The number of hydrogen-bond donors (Lipinski definition) is 1. The predicted molar refractivity (Wildman–Crippen MR) is 160 cm³/mol. The molecule has 0 fully saturated rings. The van der Waals surface area contributed by atoms with Gasteiger partial charge in [0.25, 0.3) is 5.91 Å². The Morgan fingerprint density at radius 3 is 2.16 bits per heavy atom. The topological polar surface area (TPSA) is 65.7 Å². The number of hydrogen-bond acceptors (Lipinski definition) is 4. The van der Waals surface area contributed by atoms with E-state index in [0.29, 0.717) is 24.3 Å². The third-order valence-corrected chi connectivity index (χ3v) is 7.54. The highest BCUT2D eigenvalue weighted by Crippen LogP contribution is 2.42. The summed E-state index contributed by atoms with van der Waals surface area (Å²) >= 11 is 0. The van der Waals surface area contributed by atoms with Crippen LogP contribution in [0.25, 0.3) is 33.4 Å². The van der Waals surface area contributed by atoms with Gasteiger partial charge in [0.2, 0.25) is 5.36 Å². The zero-order chi connectivity index (χ0) is 27.4. The van der Waals surface area contributed by atoms with Crippen molar-refractivity contribution in [2.24, 2.45) is 0 Å². The Morgan fingerprint density at radius 2 is 1.53 bits per heavy atom. The molecule has 1 aliphatic heterocycles. The molecule has 2 N–H and O–H groups in total. The molecule has 0 saturated carbocycles. The Balaban J connectivity index is 2.13. The molecule has 0 atom stereocenters.